The van der Waals surface area contributed by atoms with Crippen molar-refractivity contribution in [2.45, 2.75) is 101 Å². The Morgan fingerprint density at radius 1 is 0.962 bits per heavy atom. The fraction of sp³-hybridized carbons (Fsp3) is 0.641. The van der Waals surface area contributed by atoms with Crippen molar-refractivity contribution in [1.82, 2.24) is 5.32 Å². The van der Waals surface area contributed by atoms with Gasteiger partial charge in [0.05, 0.1) is 12.7 Å². The first-order valence-electron chi connectivity index (χ1n) is 18.0. The van der Waals surface area contributed by atoms with Crippen LogP contribution in [0.4, 0.5) is 0 Å². The van der Waals surface area contributed by atoms with Crippen LogP contribution in [0, 0.1) is 17.3 Å². The minimum atomic E-state index is -2.48. The van der Waals surface area contributed by atoms with Crippen molar-refractivity contribution >= 4 is 30.2 Å². The van der Waals surface area contributed by atoms with Gasteiger partial charge in [0.15, 0.2) is 0 Å². The van der Waals surface area contributed by atoms with Gasteiger partial charge in [-0.25, -0.2) is 0 Å². The molecule has 0 bridgehead atoms. The van der Waals surface area contributed by atoms with E-state index in [2.05, 4.69) is 5.32 Å². The average molecular weight is 809 g/mol. The van der Waals surface area contributed by atoms with Crippen molar-refractivity contribution in [2.24, 2.45) is 17.3 Å². The Kier molecular flexibility index (Phi) is 14.4. The third-order valence-corrected chi connectivity index (χ3v) is 14.2. The van der Waals surface area contributed by atoms with Gasteiger partial charge in [-0.05, 0) is 0 Å². The van der Waals surface area contributed by atoms with E-state index in [1.807, 2.05) is 58.0 Å². The average Bonchev–Trinajstić information content (AvgIpc) is 3.16. The number of nitrogens with one attached hydrogen (secondary N) is 1. The second-order valence-corrected chi connectivity index (χ2v) is 17.7. The van der Waals surface area contributed by atoms with Gasteiger partial charge in [-0.3, -0.25) is 0 Å². The third kappa shape index (κ3) is 9.27. The Labute approximate surface area is 316 Å². The fourth-order valence-electron chi connectivity index (χ4n) is 7.71. The predicted octanol–water partition coefficient (Wildman–Crippen LogP) is 3.62. The molecule has 53 heavy (non-hydrogen) atoms. The van der Waals surface area contributed by atoms with Crippen molar-refractivity contribution in [1.29, 1.82) is 0 Å². The zero-order valence-electron chi connectivity index (χ0n) is 31.9. The minimum Gasteiger partial charge on any atom is -0.379 e. The SMILES string of the molecule is COC[C@H](C[C@H]1O[C@H]2[C@H](OCO[C@@H]2NC(=O)[C@@H](OC(=O)c2ccccc2)[C@@]2(OC)C[C@@H](C[Se](=O)c3ccccc3)[C@@H](C)[C@@H](C)O2)[C@@H](OC)C1(C)C)OC. The first kappa shape index (κ1) is 41.5. The number of benzene rings is 2. The van der Waals surface area contributed by atoms with E-state index in [-0.39, 0.29) is 36.7 Å². The number of methoxy groups -OCH3 is 4. The Morgan fingerprint density at radius 2 is 1.64 bits per heavy atom. The van der Waals surface area contributed by atoms with E-state index in [9.17, 15) is 13.4 Å². The maximum absolute atomic E-state index is 14.7. The zero-order chi connectivity index (χ0) is 38.3. The van der Waals surface area contributed by atoms with Gasteiger partial charge in [0.1, 0.15) is 0 Å². The molecule has 13 nitrogen and oxygen atoms in total. The smallest absolute Gasteiger partial charge is 0.379 e. The summed E-state index contributed by atoms with van der Waals surface area (Å²) in [6, 6.07) is 17.8. The molecular weight excluding hydrogens is 753 g/mol. The molecule has 3 fully saturated rings. The topological polar surface area (TPSA) is 146 Å². The number of ether oxygens (including phenoxy) is 9. The molecule has 1 amide bonds. The van der Waals surface area contributed by atoms with Gasteiger partial charge in [0.2, 0.25) is 0 Å². The molecule has 2 aromatic carbocycles. The van der Waals surface area contributed by atoms with E-state index >= 15 is 0 Å². The molecule has 0 radical (unpaired) electrons. The number of carbonyl (C=O) groups is 2. The van der Waals surface area contributed by atoms with Crippen LogP contribution in [0.25, 0.3) is 0 Å². The molecule has 0 saturated carbocycles. The molecule has 294 valence electrons. The second-order valence-electron chi connectivity index (χ2n) is 14.6. The van der Waals surface area contributed by atoms with Crippen LogP contribution in [0.3, 0.4) is 0 Å². The summed E-state index contributed by atoms with van der Waals surface area (Å²) in [7, 11) is 6.27. The van der Waals surface area contributed by atoms with Crippen molar-refractivity contribution in [2.75, 3.05) is 41.8 Å². The fourth-order valence-corrected chi connectivity index (χ4v) is 10.8. The van der Waals surface area contributed by atoms with Gasteiger partial charge in [0.25, 0.3) is 0 Å². The van der Waals surface area contributed by atoms with Gasteiger partial charge in [-0.15, -0.1) is 0 Å². The van der Waals surface area contributed by atoms with Crippen LogP contribution < -0.4 is 9.78 Å². The Hall–Kier alpha value is -2.62. The number of rotatable bonds is 15. The van der Waals surface area contributed by atoms with Gasteiger partial charge in [-0.1, -0.05) is 13.8 Å². The first-order chi connectivity index (χ1) is 25.4. The number of amides is 1. The van der Waals surface area contributed by atoms with Crippen LogP contribution >= 0.6 is 0 Å². The van der Waals surface area contributed by atoms with Gasteiger partial charge in [0, 0.05) is 21.3 Å². The third-order valence-electron chi connectivity index (χ3n) is 11.0. The molecule has 12 atom stereocenters. The molecule has 0 spiro atoms. The van der Waals surface area contributed by atoms with Crippen molar-refractivity contribution in [3.8, 4) is 0 Å². The molecule has 1 N–H and O–H groups in total. The molecule has 0 aromatic heterocycles. The molecule has 0 aliphatic carbocycles. The summed E-state index contributed by atoms with van der Waals surface area (Å²) in [5, 5.41) is 3.34. The Morgan fingerprint density at radius 3 is 2.26 bits per heavy atom. The summed E-state index contributed by atoms with van der Waals surface area (Å²) in [6.07, 6.45) is -4.98. The molecule has 3 saturated heterocycles. The molecule has 3 heterocycles. The van der Waals surface area contributed by atoms with Crippen LogP contribution in [0.1, 0.15) is 50.9 Å². The van der Waals surface area contributed by atoms with Gasteiger partial charge < -0.3 is 9.47 Å². The molecular formula is C39H55NO12Se. The van der Waals surface area contributed by atoms with Crippen LogP contribution in [0.2, 0.25) is 5.32 Å². The molecule has 2 aromatic rings. The van der Waals surface area contributed by atoms with Crippen LogP contribution in [0.5, 0.6) is 0 Å². The zero-order valence-corrected chi connectivity index (χ0v) is 33.6. The van der Waals surface area contributed by atoms with E-state index in [0.717, 1.165) is 4.46 Å². The number of esters is 1. The predicted molar refractivity (Wildman–Crippen MR) is 194 cm³/mol. The standard InChI is InChI=1S/C39H55NO12Se/c1-24-25(2)52-39(47-8,20-27(24)22-53(43)29-17-13-10-14-18-29)34(51-37(42)26-15-11-9-12-16-26)35(41)40-36-32-31(48-23-49-36)33(46-7)38(3,4)30(50-32)19-28(45-6)21-44-5/h9-18,24-25,27-28,30-34,36H,19-23H2,1-8H3,(H,40,41)/t24-,25+,27-,28-,30+,31-,32-,33+,34+,36-,39+,53?/m0/s1. The van der Waals surface area contributed by atoms with Crippen LogP contribution in [-0.2, 0) is 51.3 Å². The Bertz CT molecular complexity index is 1510. The van der Waals surface area contributed by atoms with E-state index in [1.54, 1.807) is 51.7 Å². The van der Waals surface area contributed by atoms with Gasteiger partial charge in [-0.2, -0.15) is 0 Å². The molecule has 3 aliphatic rings. The monoisotopic (exact) mass is 809 g/mol. The van der Waals surface area contributed by atoms with E-state index < -0.39 is 79.8 Å². The minimum absolute atomic E-state index is 0.0359. The summed E-state index contributed by atoms with van der Waals surface area (Å²) in [5.74, 6) is -3.40. The summed E-state index contributed by atoms with van der Waals surface area (Å²) >= 11 is -2.48. The van der Waals surface area contributed by atoms with E-state index in [1.165, 1.54) is 7.11 Å². The number of fused-ring (bicyclic) bond motifs is 1. The summed E-state index contributed by atoms with van der Waals surface area (Å²) < 4.78 is 69.0. The van der Waals surface area contributed by atoms with E-state index in [4.69, 9.17) is 42.6 Å². The van der Waals surface area contributed by atoms with Crippen molar-refractivity contribution < 1.29 is 56.1 Å². The maximum atomic E-state index is 14.7. The summed E-state index contributed by atoms with van der Waals surface area (Å²) in [4.78, 5) is 28.4. The molecule has 1 unspecified atom stereocenters. The number of carbonyl (C=O) groups excluding carboxylic acids is 2. The summed E-state index contributed by atoms with van der Waals surface area (Å²) in [5.41, 5.74) is -0.282. The quantitative estimate of drug-likeness (QED) is 0.207. The molecule has 5 rings (SSSR count). The van der Waals surface area contributed by atoms with Gasteiger partial charge >= 0.3 is 260 Å². The Balaban J connectivity index is 1.45. The second kappa shape index (κ2) is 18.3. The summed E-state index contributed by atoms with van der Waals surface area (Å²) in [6.45, 7) is 8.21. The van der Waals surface area contributed by atoms with Crippen LogP contribution in [-0.4, -0.2) is 122 Å². The van der Waals surface area contributed by atoms with E-state index in [0.29, 0.717) is 18.3 Å². The first-order valence-corrected chi connectivity index (χ1v) is 20.8. The van der Waals surface area contributed by atoms with Crippen LogP contribution in [0.15, 0.2) is 60.7 Å². The normalized spacial score (nSPS) is 32.8. The molecule has 14 heteroatoms. The number of hydrogen-bond acceptors (Lipinski definition) is 12. The molecule has 3 aliphatic heterocycles. The van der Waals surface area contributed by atoms with Crippen molar-refractivity contribution in [3.63, 3.8) is 0 Å². The van der Waals surface area contributed by atoms with Crippen molar-refractivity contribution in [3.05, 3.63) is 66.2 Å². The number of hydrogen-bond donors (Lipinski definition) is 1.